The normalized spacial score (nSPS) is 21.1. The average Bonchev–Trinajstić information content (AvgIpc) is 3.31. The number of halogens is 2. The Morgan fingerprint density at radius 2 is 1.84 bits per heavy atom. The molecule has 6 rings (SSSR count). The predicted molar refractivity (Wildman–Crippen MR) is 126 cm³/mol. The molecule has 2 bridgehead atoms. The molecule has 2 atom stereocenters. The van der Waals surface area contributed by atoms with Crippen LogP contribution in [-0.2, 0) is 14.1 Å². The summed E-state index contributed by atoms with van der Waals surface area (Å²) in [4.78, 5) is 20.7. The molecule has 166 valence electrons. The first-order valence-corrected chi connectivity index (χ1v) is 11.5. The predicted octanol–water partition coefficient (Wildman–Crippen LogP) is 2.85. The minimum atomic E-state index is -0.154. The Hall–Kier alpha value is -2.62. The number of H-pyrrole nitrogens is 1. The van der Waals surface area contributed by atoms with Crippen molar-refractivity contribution in [3.8, 4) is 11.3 Å². The molecule has 5 heterocycles. The van der Waals surface area contributed by atoms with Gasteiger partial charge in [0.25, 0.3) is 5.56 Å². The lowest BCUT2D eigenvalue weighted by Gasteiger charge is -2.47. The van der Waals surface area contributed by atoms with Crippen LogP contribution in [0.15, 0.2) is 16.9 Å². The number of rotatable bonds is 2. The Balaban J connectivity index is 1.54. The highest BCUT2D eigenvalue weighted by atomic mass is 35.5. The van der Waals surface area contributed by atoms with Crippen molar-refractivity contribution in [3.63, 3.8) is 0 Å². The molecule has 11 heteroatoms. The molecule has 2 unspecified atom stereocenters. The molecule has 9 nitrogen and oxygen atoms in total. The van der Waals surface area contributed by atoms with Crippen molar-refractivity contribution in [2.45, 2.75) is 31.3 Å². The number of hydrogen-bond acceptors (Lipinski definition) is 6. The molecule has 0 spiro atoms. The molecule has 32 heavy (non-hydrogen) atoms. The van der Waals surface area contributed by atoms with Crippen molar-refractivity contribution in [1.82, 2.24) is 34.8 Å². The number of benzene rings is 1. The van der Waals surface area contributed by atoms with Crippen LogP contribution in [0, 0.1) is 0 Å². The third kappa shape index (κ3) is 2.74. The Bertz CT molecular complexity index is 1420. The van der Waals surface area contributed by atoms with Crippen molar-refractivity contribution in [3.05, 3.63) is 32.7 Å². The SMILES string of the molecule is Cn1nc2ccc(-c3[nH]nc4nc(N5C6CCCC5CNC6)n(C)c(=O)c34)c(Cl)c2c1Cl. The van der Waals surface area contributed by atoms with Gasteiger partial charge in [-0.2, -0.15) is 15.2 Å². The molecule has 0 saturated carbocycles. The monoisotopic (exact) mass is 472 g/mol. The molecular formula is C21H22Cl2N8O. The molecule has 4 aromatic rings. The lowest BCUT2D eigenvalue weighted by Crippen LogP contribution is -2.61. The topological polar surface area (TPSA) is 96.7 Å². The molecule has 1 aromatic carbocycles. The van der Waals surface area contributed by atoms with Crippen molar-refractivity contribution < 1.29 is 0 Å². The summed E-state index contributed by atoms with van der Waals surface area (Å²) in [5, 5.41) is 17.2. The van der Waals surface area contributed by atoms with Crippen LogP contribution in [0.3, 0.4) is 0 Å². The zero-order chi connectivity index (χ0) is 22.1. The molecule has 2 aliphatic rings. The van der Waals surface area contributed by atoms with E-state index in [0.29, 0.717) is 61.4 Å². The fourth-order valence-corrected chi connectivity index (χ4v) is 5.81. The van der Waals surface area contributed by atoms with Gasteiger partial charge >= 0.3 is 0 Å². The van der Waals surface area contributed by atoms with Gasteiger partial charge in [-0.15, -0.1) is 0 Å². The van der Waals surface area contributed by atoms with Crippen LogP contribution in [0.2, 0.25) is 10.2 Å². The quantitative estimate of drug-likeness (QED) is 0.465. The van der Waals surface area contributed by atoms with Crippen LogP contribution in [0.25, 0.3) is 33.2 Å². The highest BCUT2D eigenvalue weighted by Gasteiger charge is 2.36. The highest BCUT2D eigenvalue weighted by molar-refractivity contribution is 6.43. The number of fused-ring (bicyclic) bond motifs is 4. The summed E-state index contributed by atoms with van der Waals surface area (Å²) in [7, 11) is 3.54. The van der Waals surface area contributed by atoms with E-state index < -0.39 is 0 Å². The van der Waals surface area contributed by atoms with Crippen LogP contribution < -0.4 is 15.8 Å². The van der Waals surface area contributed by atoms with E-state index >= 15 is 0 Å². The zero-order valence-corrected chi connectivity index (χ0v) is 19.2. The van der Waals surface area contributed by atoms with Gasteiger partial charge in [0, 0.05) is 44.8 Å². The van der Waals surface area contributed by atoms with Gasteiger partial charge in [0.1, 0.15) is 10.5 Å². The van der Waals surface area contributed by atoms with E-state index in [1.165, 1.54) is 6.42 Å². The van der Waals surface area contributed by atoms with Crippen LogP contribution in [0.1, 0.15) is 19.3 Å². The van der Waals surface area contributed by atoms with Gasteiger partial charge in [0.05, 0.1) is 21.6 Å². The summed E-state index contributed by atoms with van der Waals surface area (Å²) < 4.78 is 3.21. The first-order chi connectivity index (χ1) is 15.5. The van der Waals surface area contributed by atoms with Crippen molar-refractivity contribution >= 4 is 51.1 Å². The number of anilines is 1. The number of aromatic amines is 1. The van der Waals surface area contributed by atoms with Gasteiger partial charge in [-0.3, -0.25) is 19.1 Å². The number of aryl methyl sites for hydroxylation is 1. The lowest BCUT2D eigenvalue weighted by atomic mass is 9.93. The van der Waals surface area contributed by atoms with E-state index in [4.69, 9.17) is 28.2 Å². The first-order valence-electron chi connectivity index (χ1n) is 10.7. The Morgan fingerprint density at radius 1 is 1.09 bits per heavy atom. The van der Waals surface area contributed by atoms with Crippen molar-refractivity contribution in [2.24, 2.45) is 14.1 Å². The maximum atomic E-state index is 13.5. The fraction of sp³-hybridized carbons (Fsp3) is 0.429. The molecule has 0 radical (unpaired) electrons. The highest BCUT2D eigenvalue weighted by Crippen LogP contribution is 2.39. The summed E-state index contributed by atoms with van der Waals surface area (Å²) in [6.07, 6.45) is 3.38. The third-order valence-electron chi connectivity index (χ3n) is 6.76. The molecule has 0 aliphatic carbocycles. The Kier molecular flexibility index (Phi) is 4.50. The zero-order valence-electron chi connectivity index (χ0n) is 17.7. The number of nitrogens with zero attached hydrogens (tertiary/aromatic N) is 6. The van der Waals surface area contributed by atoms with Gasteiger partial charge in [-0.1, -0.05) is 23.2 Å². The summed E-state index contributed by atoms with van der Waals surface area (Å²) >= 11 is 13.1. The van der Waals surface area contributed by atoms with Gasteiger partial charge in [-0.25, -0.2) is 0 Å². The smallest absolute Gasteiger partial charge is 0.266 e. The van der Waals surface area contributed by atoms with E-state index in [2.05, 4.69) is 25.5 Å². The maximum absolute atomic E-state index is 13.5. The lowest BCUT2D eigenvalue weighted by molar-refractivity contribution is 0.305. The van der Waals surface area contributed by atoms with Crippen LogP contribution >= 0.6 is 23.2 Å². The standard InChI is InChI=1S/C21H22Cl2N8O/c1-29-20(32)15-17(12-6-7-13-14(16(12)22)18(23)30(2)28-13)26-27-19(15)25-21(29)31-10-4-3-5-11(31)9-24-8-10/h6-7,10-11,24H,3-5,8-9H2,1-2H3,(H,26,27). The molecule has 0 amide bonds. The van der Waals surface area contributed by atoms with E-state index in [1.807, 2.05) is 12.1 Å². The summed E-state index contributed by atoms with van der Waals surface area (Å²) in [6, 6.07) is 4.33. The van der Waals surface area contributed by atoms with E-state index in [1.54, 1.807) is 23.3 Å². The number of nitrogens with one attached hydrogen (secondary N) is 2. The van der Waals surface area contributed by atoms with Gasteiger partial charge in [-0.05, 0) is 31.4 Å². The Morgan fingerprint density at radius 3 is 2.59 bits per heavy atom. The average molecular weight is 473 g/mol. The summed E-state index contributed by atoms with van der Waals surface area (Å²) in [6.45, 7) is 1.80. The largest absolute Gasteiger partial charge is 0.334 e. The first kappa shape index (κ1) is 20.0. The third-order valence-corrected chi connectivity index (χ3v) is 7.59. The van der Waals surface area contributed by atoms with Crippen LogP contribution in [-0.4, -0.2) is 54.7 Å². The second-order valence-corrected chi connectivity index (χ2v) is 9.35. The van der Waals surface area contributed by atoms with Crippen LogP contribution in [0.4, 0.5) is 5.95 Å². The number of piperazine rings is 1. The minimum absolute atomic E-state index is 0.154. The molecule has 2 saturated heterocycles. The van der Waals surface area contributed by atoms with E-state index in [9.17, 15) is 4.79 Å². The number of piperidine rings is 1. The molecule has 3 aromatic heterocycles. The van der Waals surface area contributed by atoms with Crippen molar-refractivity contribution in [1.29, 1.82) is 0 Å². The van der Waals surface area contributed by atoms with E-state index in [-0.39, 0.29) is 5.56 Å². The second-order valence-electron chi connectivity index (χ2n) is 8.61. The summed E-state index contributed by atoms with van der Waals surface area (Å²) in [5.41, 5.74) is 2.10. The van der Waals surface area contributed by atoms with Gasteiger partial charge < -0.3 is 10.2 Å². The van der Waals surface area contributed by atoms with Gasteiger partial charge in [0.15, 0.2) is 5.65 Å². The fourth-order valence-electron chi connectivity index (χ4n) is 5.19. The Labute approximate surface area is 193 Å². The summed E-state index contributed by atoms with van der Waals surface area (Å²) in [5.74, 6) is 0.675. The van der Waals surface area contributed by atoms with Crippen LogP contribution in [0.5, 0.6) is 0 Å². The minimum Gasteiger partial charge on any atom is -0.334 e. The molecule has 2 aliphatic heterocycles. The number of aromatic nitrogens is 6. The number of hydrogen-bond donors (Lipinski definition) is 2. The molecule has 2 N–H and O–H groups in total. The van der Waals surface area contributed by atoms with Gasteiger partial charge in [0.2, 0.25) is 5.95 Å². The maximum Gasteiger partial charge on any atom is 0.266 e. The van der Waals surface area contributed by atoms with E-state index in [0.717, 1.165) is 25.9 Å². The molecular weight excluding hydrogens is 451 g/mol. The second kappa shape index (κ2) is 7.19. The molecule has 2 fully saturated rings. The van der Waals surface area contributed by atoms with Crippen molar-refractivity contribution in [2.75, 3.05) is 18.0 Å².